The molecular weight excluding hydrogens is 232 g/mol. The predicted molar refractivity (Wildman–Crippen MR) is 65.1 cm³/mol. The summed E-state index contributed by atoms with van der Waals surface area (Å²) in [7, 11) is 0. The Kier molecular flexibility index (Phi) is 4.33. The second-order valence-electron chi connectivity index (χ2n) is 5.35. The van der Waals surface area contributed by atoms with Gasteiger partial charge in [0.25, 0.3) is 0 Å². The van der Waals surface area contributed by atoms with E-state index in [1.165, 1.54) is 25.7 Å². The normalized spacial score (nSPS) is 18.1. The zero-order valence-corrected chi connectivity index (χ0v) is 10.8. The van der Waals surface area contributed by atoms with Crippen LogP contribution in [0.4, 0.5) is 0 Å². The van der Waals surface area contributed by atoms with E-state index in [0.29, 0.717) is 24.1 Å². The molecule has 1 aliphatic rings. The Morgan fingerprint density at radius 2 is 2.06 bits per heavy atom. The molecule has 1 atom stereocenters. The summed E-state index contributed by atoms with van der Waals surface area (Å²) in [6.07, 6.45) is 6.69. The van der Waals surface area contributed by atoms with Gasteiger partial charge in [0.1, 0.15) is 0 Å². The predicted octanol–water partition coefficient (Wildman–Crippen LogP) is 2.46. The SMILES string of the molecule is CC(CC(=O)O)Cc1nnc(CC2CCCC2)o1. The molecule has 1 unspecified atom stereocenters. The van der Waals surface area contributed by atoms with Gasteiger partial charge in [0.05, 0.1) is 0 Å². The summed E-state index contributed by atoms with van der Waals surface area (Å²) < 4.78 is 5.58. The van der Waals surface area contributed by atoms with Crippen LogP contribution >= 0.6 is 0 Å². The molecule has 100 valence electrons. The Balaban J connectivity index is 1.83. The molecule has 0 spiro atoms. The molecule has 0 aromatic carbocycles. The van der Waals surface area contributed by atoms with E-state index in [4.69, 9.17) is 9.52 Å². The third kappa shape index (κ3) is 3.82. The number of aliphatic carboxylic acids is 1. The number of carboxylic acids is 1. The molecule has 1 heterocycles. The van der Waals surface area contributed by atoms with Crippen molar-refractivity contribution >= 4 is 5.97 Å². The van der Waals surface area contributed by atoms with Crippen LogP contribution in [0.15, 0.2) is 4.42 Å². The minimum absolute atomic E-state index is 0.0299. The van der Waals surface area contributed by atoms with Gasteiger partial charge in [-0.2, -0.15) is 0 Å². The summed E-state index contributed by atoms with van der Waals surface area (Å²) in [5.41, 5.74) is 0. The molecule has 0 saturated heterocycles. The zero-order chi connectivity index (χ0) is 13.0. The molecule has 1 fully saturated rings. The summed E-state index contributed by atoms with van der Waals surface area (Å²) in [6, 6.07) is 0. The monoisotopic (exact) mass is 252 g/mol. The van der Waals surface area contributed by atoms with Crippen LogP contribution in [0, 0.1) is 11.8 Å². The van der Waals surface area contributed by atoms with Gasteiger partial charge < -0.3 is 9.52 Å². The maximum absolute atomic E-state index is 10.6. The van der Waals surface area contributed by atoms with Gasteiger partial charge >= 0.3 is 5.97 Å². The maximum atomic E-state index is 10.6. The van der Waals surface area contributed by atoms with Crippen LogP contribution in [0.1, 0.15) is 50.8 Å². The Bertz CT molecular complexity index is 397. The first-order valence-electron chi connectivity index (χ1n) is 6.66. The van der Waals surface area contributed by atoms with Crippen molar-refractivity contribution in [2.75, 3.05) is 0 Å². The van der Waals surface area contributed by atoms with Gasteiger partial charge in [0, 0.05) is 19.3 Å². The van der Waals surface area contributed by atoms with E-state index in [1.54, 1.807) is 0 Å². The van der Waals surface area contributed by atoms with E-state index >= 15 is 0 Å². The average molecular weight is 252 g/mol. The van der Waals surface area contributed by atoms with Crippen LogP contribution in [-0.2, 0) is 17.6 Å². The largest absolute Gasteiger partial charge is 0.481 e. The van der Waals surface area contributed by atoms with Gasteiger partial charge in [-0.05, 0) is 24.7 Å². The van der Waals surface area contributed by atoms with Crippen molar-refractivity contribution in [2.24, 2.45) is 11.8 Å². The smallest absolute Gasteiger partial charge is 0.303 e. The second kappa shape index (κ2) is 5.98. The van der Waals surface area contributed by atoms with E-state index < -0.39 is 5.97 Å². The third-order valence-corrected chi connectivity index (χ3v) is 3.49. The van der Waals surface area contributed by atoms with Gasteiger partial charge in [-0.3, -0.25) is 4.79 Å². The molecule has 5 nitrogen and oxygen atoms in total. The summed E-state index contributed by atoms with van der Waals surface area (Å²) in [5, 5.41) is 16.7. The lowest BCUT2D eigenvalue weighted by atomic mass is 10.0. The lowest BCUT2D eigenvalue weighted by molar-refractivity contribution is -0.137. The zero-order valence-electron chi connectivity index (χ0n) is 10.8. The highest BCUT2D eigenvalue weighted by atomic mass is 16.4. The molecule has 0 amide bonds. The molecule has 18 heavy (non-hydrogen) atoms. The minimum atomic E-state index is -0.784. The third-order valence-electron chi connectivity index (χ3n) is 3.49. The standard InChI is InChI=1S/C13H20N2O3/c1-9(7-13(16)17)6-11-14-15-12(18-11)8-10-4-2-3-5-10/h9-10H,2-8H2,1H3,(H,16,17). The van der Waals surface area contributed by atoms with Crippen LogP contribution in [0.3, 0.4) is 0 Å². The fraction of sp³-hybridized carbons (Fsp3) is 0.769. The highest BCUT2D eigenvalue weighted by Gasteiger charge is 2.19. The van der Waals surface area contributed by atoms with Gasteiger partial charge in [-0.15, -0.1) is 10.2 Å². The van der Waals surface area contributed by atoms with Crippen LogP contribution in [-0.4, -0.2) is 21.3 Å². The summed E-state index contributed by atoms with van der Waals surface area (Å²) >= 11 is 0. The first-order valence-corrected chi connectivity index (χ1v) is 6.66. The van der Waals surface area contributed by atoms with Crippen LogP contribution < -0.4 is 0 Å². The molecule has 1 aliphatic carbocycles. The summed E-state index contributed by atoms with van der Waals surface area (Å²) in [4.78, 5) is 10.6. The first kappa shape index (κ1) is 13.1. The van der Waals surface area contributed by atoms with Crippen molar-refractivity contribution in [3.05, 3.63) is 11.8 Å². The van der Waals surface area contributed by atoms with Crippen molar-refractivity contribution in [2.45, 2.75) is 51.9 Å². The molecule has 1 N–H and O–H groups in total. The Hall–Kier alpha value is -1.39. The van der Waals surface area contributed by atoms with Gasteiger partial charge in [0.2, 0.25) is 11.8 Å². The van der Waals surface area contributed by atoms with E-state index in [9.17, 15) is 4.79 Å². The quantitative estimate of drug-likeness (QED) is 0.841. The molecule has 0 bridgehead atoms. The highest BCUT2D eigenvalue weighted by molar-refractivity contribution is 5.66. The first-order chi connectivity index (χ1) is 8.63. The molecule has 0 aliphatic heterocycles. The summed E-state index contributed by atoms with van der Waals surface area (Å²) in [6.45, 7) is 1.88. The molecule has 5 heteroatoms. The van der Waals surface area contributed by atoms with E-state index in [2.05, 4.69) is 10.2 Å². The molecule has 1 aromatic rings. The average Bonchev–Trinajstić information content (AvgIpc) is 2.89. The van der Waals surface area contributed by atoms with E-state index in [0.717, 1.165) is 6.42 Å². The number of rotatable bonds is 6. The highest BCUT2D eigenvalue weighted by Crippen LogP contribution is 2.27. The lowest BCUT2D eigenvalue weighted by Gasteiger charge is -2.05. The van der Waals surface area contributed by atoms with E-state index in [1.807, 2.05) is 6.92 Å². The number of nitrogens with zero attached hydrogens (tertiary/aromatic N) is 2. The maximum Gasteiger partial charge on any atom is 0.303 e. The van der Waals surface area contributed by atoms with Crippen LogP contribution in [0.25, 0.3) is 0 Å². The van der Waals surface area contributed by atoms with Crippen LogP contribution in [0.5, 0.6) is 0 Å². The van der Waals surface area contributed by atoms with E-state index in [-0.39, 0.29) is 12.3 Å². The van der Waals surface area contributed by atoms with Crippen molar-refractivity contribution in [3.63, 3.8) is 0 Å². The van der Waals surface area contributed by atoms with Crippen molar-refractivity contribution in [1.29, 1.82) is 0 Å². The van der Waals surface area contributed by atoms with Crippen LogP contribution in [0.2, 0.25) is 0 Å². The molecule has 0 radical (unpaired) electrons. The fourth-order valence-corrected chi connectivity index (χ4v) is 2.58. The number of hydrogen-bond donors (Lipinski definition) is 1. The van der Waals surface area contributed by atoms with Gasteiger partial charge in [-0.1, -0.05) is 19.8 Å². The molecular formula is C13H20N2O3. The molecule has 1 saturated carbocycles. The fourth-order valence-electron chi connectivity index (χ4n) is 2.58. The summed E-state index contributed by atoms with van der Waals surface area (Å²) in [5.74, 6) is 1.21. The Morgan fingerprint density at radius 1 is 1.39 bits per heavy atom. The number of carboxylic acid groups (broad SMARTS) is 1. The topological polar surface area (TPSA) is 76.2 Å². The Morgan fingerprint density at radius 3 is 2.72 bits per heavy atom. The molecule has 2 rings (SSSR count). The minimum Gasteiger partial charge on any atom is -0.481 e. The Labute approximate surface area is 107 Å². The number of aromatic nitrogens is 2. The van der Waals surface area contributed by atoms with Crippen molar-refractivity contribution < 1.29 is 14.3 Å². The number of carbonyl (C=O) groups is 1. The van der Waals surface area contributed by atoms with Gasteiger partial charge in [-0.25, -0.2) is 0 Å². The number of hydrogen-bond acceptors (Lipinski definition) is 4. The lowest BCUT2D eigenvalue weighted by Crippen LogP contribution is -2.07. The molecule has 1 aromatic heterocycles. The van der Waals surface area contributed by atoms with Gasteiger partial charge in [0.15, 0.2) is 0 Å². The van der Waals surface area contributed by atoms with Crippen molar-refractivity contribution in [1.82, 2.24) is 10.2 Å². The van der Waals surface area contributed by atoms with Crippen molar-refractivity contribution in [3.8, 4) is 0 Å². The second-order valence-corrected chi connectivity index (χ2v) is 5.35.